The first kappa shape index (κ1) is 30.6. The van der Waals surface area contributed by atoms with Gasteiger partial charge in [0.05, 0.1) is 5.60 Å². The van der Waals surface area contributed by atoms with Crippen LogP contribution in [0.3, 0.4) is 0 Å². The third kappa shape index (κ3) is 6.12. The predicted octanol–water partition coefficient (Wildman–Crippen LogP) is 7.11. The standard InChI is InChI=1S/C36H56N2O3/c1-5-11-28(3)36(30-14-7-6-8-15-30)22-20-34(21-23-36)19-16-31(33(40)38(34)25-29-12-9-13-29)27(2)24-32(39)37(4)26-35(41)17-10-18-35/h6-8,14-15,27-29,31,41H,5,9-13,16-26H2,1-4H3. The summed E-state index contributed by atoms with van der Waals surface area (Å²) in [5, 5.41) is 10.6. The molecular formula is C36H56N2O3. The molecule has 1 aromatic carbocycles. The fraction of sp³-hybridized carbons (Fsp3) is 0.778. The highest BCUT2D eigenvalue weighted by atomic mass is 16.3. The van der Waals surface area contributed by atoms with Gasteiger partial charge in [-0.1, -0.05) is 70.4 Å². The van der Waals surface area contributed by atoms with E-state index in [0.29, 0.717) is 30.7 Å². The van der Waals surface area contributed by atoms with Gasteiger partial charge in [-0.25, -0.2) is 0 Å². The lowest BCUT2D eigenvalue weighted by Crippen LogP contribution is -2.62. The van der Waals surface area contributed by atoms with Gasteiger partial charge in [0.25, 0.3) is 0 Å². The first-order chi connectivity index (χ1) is 19.6. The minimum atomic E-state index is -0.704. The number of benzene rings is 1. The Morgan fingerprint density at radius 2 is 1.68 bits per heavy atom. The minimum absolute atomic E-state index is 0.0197. The van der Waals surface area contributed by atoms with Crippen molar-refractivity contribution in [2.75, 3.05) is 20.1 Å². The number of amides is 2. The summed E-state index contributed by atoms with van der Waals surface area (Å²) in [6, 6.07) is 11.2. The fourth-order valence-corrected chi connectivity index (χ4v) is 8.93. The number of hydrogen-bond acceptors (Lipinski definition) is 3. The van der Waals surface area contributed by atoms with Gasteiger partial charge in [-0.3, -0.25) is 9.59 Å². The fourth-order valence-electron chi connectivity index (χ4n) is 8.93. The number of aliphatic hydroxyl groups is 1. The van der Waals surface area contributed by atoms with Crippen LogP contribution in [0.2, 0.25) is 0 Å². The zero-order valence-electron chi connectivity index (χ0n) is 26.4. The van der Waals surface area contributed by atoms with Crippen molar-refractivity contribution in [3.8, 4) is 0 Å². The average Bonchev–Trinajstić information content (AvgIpc) is 2.92. The number of likely N-dealkylation sites (tertiary alicyclic amines) is 1. The zero-order chi connectivity index (χ0) is 29.3. The van der Waals surface area contributed by atoms with Gasteiger partial charge < -0.3 is 14.9 Å². The van der Waals surface area contributed by atoms with Crippen LogP contribution in [-0.4, -0.2) is 58.0 Å². The summed E-state index contributed by atoms with van der Waals surface area (Å²) >= 11 is 0. The maximum Gasteiger partial charge on any atom is 0.226 e. The Morgan fingerprint density at radius 1 is 1.00 bits per heavy atom. The molecule has 3 aliphatic carbocycles. The van der Waals surface area contributed by atoms with Gasteiger partial charge in [0.2, 0.25) is 11.8 Å². The molecule has 4 fully saturated rings. The number of hydrogen-bond donors (Lipinski definition) is 1. The van der Waals surface area contributed by atoms with Crippen molar-refractivity contribution >= 4 is 11.8 Å². The number of piperidine rings is 1. The van der Waals surface area contributed by atoms with Crippen molar-refractivity contribution in [3.63, 3.8) is 0 Å². The smallest absolute Gasteiger partial charge is 0.226 e. The molecule has 5 heteroatoms. The van der Waals surface area contributed by atoms with E-state index in [2.05, 4.69) is 56.0 Å². The third-order valence-corrected chi connectivity index (χ3v) is 12.3. The maximum atomic E-state index is 14.4. The first-order valence-electron chi connectivity index (χ1n) is 16.9. The second-order valence-corrected chi connectivity index (χ2v) is 14.8. The zero-order valence-corrected chi connectivity index (χ0v) is 26.4. The highest BCUT2D eigenvalue weighted by molar-refractivity contribution is 5.83. The Bertz CT molecular complexity index is 1040. The van der Waals surface area contributed by atoms with E-state index in [1.165, 1.54) is 37.7 Å². The molecule has 41 heavy (non-hydrogen) atoms. The summed E-state index contributed by atoms with van der Waals surface area (Å²) in [6.45, 7) is 8.19. The Hall–Kier alpha value is -1.88. The van der Waals surface area contributed by atoms with E-state index >= 15 is 0 Å². The van der Waals surface area contributed by atoms with E-state index < -0.39 is 5.60 Å². The van der Waals surface area contributed by atoms with Crippen molar-refractivity contribution in [1.82, 2.24) is 9.80 Å². The quantitative estimate of drug-likeness (QED) is 0.312. The summed E-state index contributed by atoms with van der Waals surface area (Å²) in [7, 11) is 1.81. The molecule has 1 spiro atoms. The molecule has 5 rings (SSSR count). The predicted molar refractivity (Wildman–Crippen MR) is 165 cm³/mol. The van der Waals surface area contributed by atoms with Crippen LogP contribution in [0.25, 0.3) is 0 Å². The largest absolute Gasteiger partial charge is 0.388 e. The van der Waals surface area contributed by atoms with Crippen LogP contribution in [0.1, 0.15) is 123 Å². The van der Waals surface area contributed by atoms with E-state index in [9.17, 15) is 14.7 Å². The van der Waals surface area contributed by atoms with Crippen LogP contribution in [0.5, 0.6) is 0 Å². The molecule has 0 radical (unpaired) electrons. The molecule has 1 aromatic rings. The lowest BCUT2D eigenvalue weighted by molar-refractivity contribution is -0.157. The molecular weight excluding hydrogens is 508 g/mol. The van der Waals surface area contributed by atoms with E-state index in [-0.39, 0.29) is 28.7 Å². The second kappa shape index (κ2) is 12.4. The second-order valence-electron chi connectivity index (χ2n) is 14.8. The minimum Gasteiger partial charge on any atom is -0.388 e. The van der Waals surface area contributed by atoms with Crippen LogP contribution in [-0.2, 0) is 15.0 Å². The van der Waals surface area contributed by atoms with Crippen molar-refractivity contribution < 1.29 is 14.7 Å². The lowest BCUT2D eigenvalue weighted by atomic mass is 9.56. The molecule has 228 valence electrons. The number of nitrogens with zero attached hydrogens (tertiary/aromatic N) is 2. The third-order valence-electron chi connectivity index (χ3n) is 12.3. The average molecular weight is 565 g/mol. The Balaban J connectivity index is 1.30. The van der Waals surface area contributed by atoms with Crippen LogP contribution >= 0.6 is 0 Å². The van der Waals surface area contributed by atoms with Gasteiger partial charge in [-0.2, -0.15) is 0 Å². The SMILES string of the molecule is CCCC(C)C1(c2ccccc2)CCC2(CCC(C(C)CC(=O)N(C)CC3(O)CCC3)C(=O)N2CC2CCC2)CC1. The first-order valence-corrected chi connectivity index (χ1v) is 16.9. The molecule has 4 aliphatic rings. The monoisotopic (exact) mass is 564 g/mol. The van der Waals surface area contributed by atoms with Crippen molar-refractivity contribution in [2.24, 2.45) is 23.7 Å². The van der Waals surface area contributed by atoms with Gasteiger partial charge in [-0.05, 0) is 99.4 Å². The van der Waals surface area contributed by atoms with Crippen molar-refractivity contribution in [1.29, 1.82) is 0 Å². The van der Waals surface area contributed by atoms with Crippen molar-refractivity contribution in [2.45, 2.75) is 134 Å². The molecule has 1 N–H and O–H groups in total. The Labute approximate surface area is 249 Å². The molecule has 3 unspecified atom stereocenters. The number of likely N-dealkylation sites (N-methyl/N-ethyl adjacent to an activating group) is 1. The normalized spacial score (nSPS) is 31.3. The number of carbonyl (C=O) groups excluding carboxylic acids is 2. The molecule has 5 nitrogen and oxygen atoms in total. The highest BCUT2D eigenvalue weighted by Gasteiger charge is 2.53. The van der Waals surface area contributed by atoms with E-state index in [1.54, 1.807) is 4.90 Å². The maximum absolute atomic E-state index is 14.4. The number of carbonyl (C=O) groups is 2. The summed E-state index contributed by atoms with van der Waals surface area (Å²) in [4.78, 5) is 31.6. The molecule has 1 saturated heterocycles. The molecule has 2 amide bonds. The molecule has 3 saturated carbocycles. The lowest BCUT2D eigenvalue weighted by Gasteiger charge is -2.58. The van der Waals surface area contributed by atoms with Crippen molar-refractivity contribution in [3.05, 3.63) is 35.9 Å². The topological polar surface area (TPSA) is 60.9 Å². The molecule has 0 bridgehead atoms. The summed E-state index contributed by atoms with van der Waals surface area (Å²) in [5.41, 5.74) is 0.954. The molecule has 0 aromatic heterocycles. The van der Waals surface area contributed by atoms with Gasteiger partial charge in [-0.15, -0.1) is 0 Å². The van der Waals surface area contributed by atoms with E-state index in [0.717, 1.165) is 64.3 Å². The van der Waals surface area contributed by atoms with Gasteiger partial charge >= 0.3 is 0 Å². The van der Waals surface area contributed by atoms with Crippen LogP contribution in [0.15, 0.2) is 30.3 Å². The van der Waals surface area contributed by atoms with E-state index in [4.69, 9.17) is 0 Å². The molecule has 3 atom stereocenters. The summed E-state index contributed by atoms with van der Waals surface area (Å²) in [5.74, 6) is 1.58. The summed E-state index contributed by atoms with van der Waals surface area (Å²) < 4.78 is 0. The van der Waals surface area contributed by atoms with E-state index in [1.807, 2.05) is 7.05 Å². The van der Waals surface area contributed by atoms with Gasteiger partial charge in [0.15, 0.2) is 0 Å². The van der Waals surface area contributed by atoms with Crippen LogP contribution in [0, 0.1) is 23.7 Å². The van der Waals surface area contributed by atoms with Gasteiger partial charge in [0.1, 0.15) is 0 Å². The molecule has 1 heterocycles. The molecule has 1 aliphatic heterocycles. The van der Waals surface area contributed by atoms with Crippen LogP contribution in [0.4, 0.5) is 0 Å². The van der Waals surface area contributed by atoms with Crippen LogP contribution < -0.4 is 0 Å². The summed E-state index contributed by atoms with van der Waals surface area (Å²) in [6.07, 6.45) is 15.7. The van der Waals surface area contributed by atoms with Gasteiger partial charge in [0, 0.05) is 38.0 Å². The Morgan fingerprint density at radius 3 is 2.24 bits per heavy atom. The Kier molecular flexibility index (Phi) is 9.24. The number of rotatable bonds is 11. The highest BCUT2D eigenvalue weighted by Crippen LogP contribution is 2.54.